The van der Waals surface area contributed by atoms with Crippen LogP contribution in [0.5, 0.6) is 17.2 Å². The SMILES string of the molecule is CCN(C(=O)OCc1ccc(NC(=O)[C@H](CCCNC(N)=O)NC(=O)[C@@H](NC(=O)[C@H](CCCCN)NC(C)=O)C(C)C)cc1)[C@H]1CO[C@@H](O[C@H]2[C@H](O[C@H]3C#C/C=C\C#C[C@]4(O)CC(=O)C(NC(=O)OC)=C3/C4=C\CSSc3ccccn3)O[C@H](C)[C@@H](NO[C@H]3C[C@H](O)[C@H](SC(=O)c4c(C)c(I)c(O[C@@H]5O[C@@H](C)[C@H](O)[C@@H](OC)[C@H]5O)c(OC)c4OC)[C@@H](C)O3)[C@@H]2O)C[C@@H]1OC. The Hall–Kier alpha value is -8.50. The third-order valence-corrected chi connectivity index (χ3v) is 26.8. The van der Waals surface area contributed by atoms with E-state index in [1.807, 2.05) is 34.7 Å². The number of urea groups is 1. The van der Waals surface area contributed by atoms with E-state index in [1.54, 1.807) is 91.1 Å². The summed E-state index contributed by atoms with van der Waals surface area (Å²) in [6.07, 6.45) is -14.5. The molecule has 2 aliphatic carbocycles. The number of aliphatic hydroxyl groups is 5. The number of nitrogens with zero attached hydrogens (tertiary/aromatic N) is 2. The highest BCUT2D eigenvalue weighted by atomic mass is 127. The Bertz CT molecular complexity index is 4610. The Balaban J connectivity index is 0.925. The number of aliphatic hydroxyl groups excluding tert-OH is 4. The number of carbonyl (C=O) groups is 9. The van der Waals surface area contributed by atoms with E-state index in [4.69, 9.17) is 77.9 Å². The monoisotopic (exact) mass is 1970 g/mol. The van der Waals surface area contributed by atoms with Gasteiger partial charge in [-0.1, -0.05) is 84.4 Å². The Morgan fingerprint density at radius 3 is 2.16 bits per heavy atom. The van der Waals surface area contributed by atoms with Gasteiger partial charge in [-0.05, 0) is 160 Å². The molecular formula is C86H116IN11O28S3. The number of hydroxylamine groups is 1. The van der Waals surface area contributed by atoms with Gasteiger partial charge in [-0.3, -0.25) is 38.9 Å². The molecular weight excluding hydrogens is 1860 g/mol. The molecule has 3 aromatic rings. The smallest absolute Gasteiger partial charge is 0.411 e. The van der Waals surface area contributed by atoms with Crippen LogP contribution in [-0.2, 0) is 82.8 Å². The minimum atomic E-state index is -2.21. The highest BCUT2D eigenvalue weighted by Gasteiger charge is 2.53. The summed E-state index contributed by atoms with van der Waals surface area (Å²) in [6, 6.07) is 5.57. The number of likely N-dealkylation sites (N-methyl/N-ethyl adjacent to an activating group) is 1. The fourth-order valence-corrected chi connectivity index (χ4v) is 18.7. The number of alkyl carbamates (subject to hydrolysis) is 1. The summed E-state index contributed by atoms with van der Waals surface area (Å²) in [4.78, 5) is 134. The molecule has 8 amide bonds. The average molecular weight is 1980 g/mol. The Kier molecular flexibility index (Phi) is 40.3. The molecule has 9 rings (SSSR count). The number of carbonyl (C=O) groups excluding carboxylic acids is 9. The quantitative estimate of drug-likeness (QED) is 0.0125. The third kappa shape index (κ3) is 27.6. The molecule has 5 heterocycles. The molecule has 2 bridgehead atoms. The van der Waals surface area contributed by atoms with Gasteiger partial charge in [0, 0.05) is 75.9 Å². The number of hydrogen-bond acceptors (Lipinski definition) is 34. The average Bonchev–Trinajstić information content (AvgIpc) is 0.748. The van der Waals surface area contributed by atoms with Crippen LogP contribution in [0.25, 0.3) is 0 Å². The standard InChI is InChI=1S/C86H116IN11O28S3/c1-14-98(85(111)119-41-49-28-30-50(31-29-49)93-77(105)53(25-23-36-91-83(89)109)94-79(107)65(43(2)3)95-78(106)52(92-48(8)99)24-18-21-34-88)54-42-118-60(39-58(54)113-9)124-74-69(103)66(45(5)121-82(74)123-57-26-17-15-16-20-33-86(112)40-56(101)67(96-84(110)117-13)63(57)51(86)32-37-127-129-59-27-19-22-35-90-59)97-126-61-38-55(100)76(47(7)120-61)128-80(108)62-44(4)64(87)72(75(116-12)71(62)114-10)125-81-70(104)73(115-11)68(102)46(6)122-81/h15-16,19,22,27-32,35,43,45-47,52-55,57-58,60-61,65-66,68-70,73-74,76,81-82,97,100,102-104,112H,14,18,21,23-25,34,36-42,88H2,1-13H3,(H,92,99)(H,93,105)(H,94,107)(H,95,106)(H,96,110)(H3,89,91,109)/b16-15-,51-32+/t45-,46+,47-,52+,53+,54+,55+,57+,58+,60+,61+,65+,66-,68+,69+,70-,73-,74-,76-,81+,82+,86+/m1/s1. The second kappa shape index (κ2) is 49.8. The summed E-state index contributed by atoms with van der Waals surface area (Å²) in [5, 5.41) is 74.6. The van der Waals surface area contributed by atoms with E-state index in [0.717, 1.165) is 18.9 Å². The van der Waals surface area contributed by atoms with Gasteiger partial charge in [0.2, 0.25) is 40.8 Å². The molecule has 22 atom stereocenters. The van der Waals surface area contributed by atoms with E-state index in [-0.39, 0.29) is 104 Å². The number of amides is 8. The summed E-state index contributed by atoms with van der Waals surface area (Å²) in [5.74, 6) is 8.06. The van der Waals surface area contributed by atoms with Crippen LogP contribution in [0.3, 0.4) is 0 Å². The molecule has 39 nitrogen and oxygen atoms in total. The molecule has 43 heteroatoms. The number of nitrogens with one attached hydrogen (secondary N) is 7. The van der Waals surface area contributed by atoms with Crippen LogP contribution < -0.4 is 63.1 Å². The van der Waals surface area contributed by atoms with E-state index in [9.17, 15) is 68.7 Å². The lowest BCUT2D eigenvalue weighted by Gasteiger charge is -2.47. The summed E-state index contributed by atoms with van der Waals surface area (Å²) >= 11 is 2.75. The zero-order valence-corrected chi connectivity index (χ0v) is 78.3. The van der Waals surface area contributed by atoms with E-state index in [1.165, 1.54) is 74.0 Å². The first-order chi connectivity index (χ1) is 61.6. The van der Waals surface area contributed by atoms with Crippen LogP contribution in [0.2, 0.25) is 0 Å². The number of Topliss-reactive ketones (excluding diaryl/α,β-unsaturated/α-hetero) is 1. The molecule has 0 radical (unpaired) electrons. The van der Waals surface area contributed by atoms with Gasteiger partial charge in [0.25, 0.3) is 0 Å². The van der Waals surface area contributed by atoms with Crippen molar-refractivity contribution in [3.05, 3.63) is 104 Å². The fraction of sp³-hybridized carbons (Fsp3) is 0.581. The number of pyridine rings is 1. The predicted molar refractivity (Wildman–Crippen MR) is 479 cm³/mol. The fourth-order valence-electron chi connectivity index (χ4n) is 15.2. The van der Waals surface area contributed by atoms with E-state index in [2.05, 4.69) is 66.0 Å². The Morgan fingerprint density at radius 2 is 1.50 bits per heavy atom. The summed E-state index contributed by atoms with van der Waals surface area (Å²) in [5.41, 5.74) is 12.4. The molecule has 4 fully saturated rings. The third-order valence-electron chi connectivity index (χ3n) is 22.0. The summed E-state index contributed by atoms with van der Waals surface area (Å²) in [7, 11) is 9.18. The van der Waals surface area contributed by atoms with Gasteiger partial charge in [-0.15, -0.1) is 0 Å². The van der Waals surface area contributed by atoms with Crippen LogP contribution in [-0.4, -0.2) is 289 Å². The molecule has 4 aliphatic heterocycles. The van der Waals surface area contributed by atoms with E-state index in [0.29, 0.717) is 44.8 Å². The number of ketones is 1. The normalized spacial score (nSPS) is 27.9. The number of methoxy groups -OCH3 is 5. The number of aromatic nitrogens is 1. The molecule has 129 heavy (non-hydrogen) atoms. The van der Waals surface area contributed by atoms with Gasteiger partial charge in [-0.25, -0.2) is 19.4 Å². The van der Waals surface area contributed by atoms with Crippen LogP contribution in [0.1, 0.15) is 121 Å². The van der Waals surface area contributed by atoms with Crippen molar-refractivity contribution >= 4 is 114 Å². The van der Waals surface area contributed by atoms with E-state index < -0.39 is 198 Å². The number of allylic oxidation sites excluding steroid dienone is 3. The molecule has 0 unspecified atom stereocenters. The number of fused-ring (bicyclic) bond motifs is 2. The lowest BCUT2D eigenvalue weighted by molar-refractivity contribution is -0.337. The lowest BCUT2D eigenvalue weighted by Crippen LogP contribution is -2.65. The number of halogens is 1. The van der Waals surface area contributed by atoms with Crippen molar-refractivity contribution in [3.63, 3.8) is 0 Å². The predicted octanol–water partition coefficient (Wildman–Crippen LogP) is 4.07. The van der Waals surface area contributed by atoms with Crippen molar-refractivity contribution in [2.75, 3.05) is 72.9 Å². The first-order valence-electron chi connectivity index (χ1n) is 41.9. The number of thioether (sulfide) groups is 1. The van der Waals surface area contributed by atoms with Crippen molar-refractivity contribution < 1.29 is 135 Å². The first kappa shape index (κ1) is 104. The second-order valence-electron chi connectivity index (χ2n) is 31.3. The maximum Gasteiger partial charge on any atom is 0.411 e. The van der Waals surface area contributed by atoms with Crippen molar-refractivity contribution in [3.8, 4) is 40.9 Å². The van der Waals surface area contributed by atoms with Crippen molar-refractivity contribution in [1.29, 1.82) is 0 Å². The van der Waals surface area contributed by atoms with Gasteiger partial charge in [0.1, 0.15) is 66.4 Å². The number of ether oxygens (including phenoxy) is 13. The highest BCUT2D eigenvalue weighted by Crippen LogP contribution is 2.50. The largest absolute Gasteiger partial charge is 0.492 e. The summed E-state index contributed by atoms with van der Waals surface area (Å²) in [6.45, 7) is 12.9. The zero-order chi connectivity index (χ0) is 94.1. The van der Waals surface area contributed by atoms with Gasteiger partial charge in [0.05, 0.1) is 97.0 Å². The molecule has 708 valence electrons. The number of rotatable bonds is 40. The van der Waals surface area contributed by atoms with Crippen LogP contribution >= 0.6 is 55.9 Å². The zero-order valence-electron chi connectivity index (χ0n) is 73.7. The number of anilines is 1. The van der Waals surface area contributed by atoms with E-state index >= 15 is 0 Å². The maximum absolute atomic E-state index is 14.7. The number of unbranched alkanes of at least 4 members (excludes halogenated alkanes) is 1. The van der Waals surface area contributed by atoms with Gasteiger partial charge in [0.15, 0.2) is 41.8 Å². The molecule has 4 saturated heterocycles. The Morgan fingerprint density at radius 1 is 0.791 bits per heavy atom. The lowest BCUT2D eigenvalue weighted by atomic mass is 9.75. The second-order valence-corrected chi connectivity index (χ2v) is 35.9. The number of hydrogen-bond donors (Lipinski definition) is 14. The first-order valence-corrected chi connectivity index (χ1v) is 46.2. The minimum Gasteiger partial charge on any atom is -0.492 e. The van der Waals surface area contributed by atoms with Gasteiger partial charge in [-0.2, -0.15) is 5.48 Å². The van der Waals surface area contributed by atoms with Gasteiger partial charge >= 0.3 is 18.2 Å². The molecule has 0 spiro atoms. The molecule has 6 aliphatic rings. The molecule has 1 aromatic heterocycles. The maximum atomic E-state index is 14.7. The molecule has 2 aromatic carbocycles. The van der Waals surface area contributed by atoms with Crippen molar-refractivity contribution in [2.24, 2.45) is 17.4 Å². The summed E-state index contributed by atoms with van der Waals surface area (Å²) < 4.78 is 79.7. The van der Waals surface area contributed by atoms with Crippen LogP contribution in [0, 0.1) is 40.1 Å². The van der Waals surface area contributed by atoms with Crippen molar-refractivity contribution in [1.82, 2.24) is 41.9 Å². The number of benzene rings is 2. The minimum absolute atomic E-state index is 0.0123. The number of primary amides is 1. The Labute approximate surface area is 773 Å². The number of nitrogens with two attached hydrogens (primary N) is 2. The molecule has 16 N–H and O–H groups in total. The topological polar surface area (TPSA) is 536 Å². The molecule has 0 saturated carbocycles. The van der Waals surface area contributed by atoms with Crippen LogP contribution in [0.15, 0.2) is 88.8 Å². The van der Waals surface area contributed by atoms with Crippen molar-refractivity contribution in [2.45, 2.75) is 252 Å². The highest BCUT2D eigenvalue weighted by molar-refractivity contribution is 14.1. The van der Waals surface area contributed by atoms with Crippen LogP contribution in [0.4, 0.5) is 20.1 Å². The van der Waals surface area contributed by atoms with Gasteiger partial charge < -0.3 is 130 Å².